The van der Waals surface area contributed by atoms with Crippen LogP contribution in [0.3, 0.4) is 0 Å². The van der Waals surface area contributed by atoms with Crippen molar-refractivity contribution >= 4 is 5.91 Å². The molecule has 0 aliphatic carbocycles. The van der Waals surface area contributed by atoms with E-state index in [1.807, 2.05) is 31.0 Å². The topological polar surface area (TPSA) is 45.2 Å². The van der Waals surface area contributed by atoms with Crippen LogP contribution in [0, 0.1) is 11.8 Å². The number of likely N-dealkylation sites (tertiary alicyclic amines) is 1. The summed E-state index contributed by atoms with van der Waals surface area (Å²) in [5.41, 5.74) is 1.21. The average molecular weight is 275 g/mol. The lowest BCUT2D eigenvalue weighted by atomic mass is 9.93. The Morgan fingerprint density at radius 1 is 1.55 bits per heavy atom. The van der Waals surface area contributed by atoms with Gasteiger partial charge < -0.3 is 10.2 Å². The van der Waals surface area contributed by atoms with Gasteiger partial charge in [-0.25, -0.2) is 0 Å². The monoisotopic (exact) mass is 275 g/mol. The first-order valence-corrected chi connectivity index (χ1v) is 7.49. The van der Waals surface area contributed by atoms with E-state index in [1.165, 1.54) is 5.56 Å². The number of pyridine rings is 1. The van der Waals surface area contributed by atoms with Crippen molar-refractivity contribution in [2.75, 3.05) is 13.1 Å². The summed E-state index contributed by atoms with van der Waals surface area (Å²) in [4.78, 5) is 18.2. The van der Waals surface area contributed by atoms with Gasteiger partial charge in [-0.3, -0.25) is 9.78 Å². The first kappa shape index (κ1) is 15.0. The molecule has 0 spiro atoms. The third kappa shape index (κ3) is 3.79. The standard InChI is InChI=1S/C16H25N3O/c1-12(2)16(20)19-8-6-15(13(3)11-19)18-10-14-5-4-7-17-9-14/h4-5,7,9,12-13,15,18H,6,8,10-11H2,1-3H3/t13-,15-/m0/s1. The largest absolute Gasteiger partial charge is 0.342 e. The van der Waals surface area contributed by atoms with Crippen molar-refractivity contribution in [2.24, 2.45) is 11.8 Å². The van der Waals surface area contributed by atoms with Gasteiger partial charge in [-0.1, -0.05) is 26.8 Å². The third-order valence-corrected chi connectivity index (χ3v) is 4.00. The number of nitrogens with zero attached hydrogens (tertiary/aromatic N) is 2. The molecular weight excluding hydrogens is 250 g/mol. The Kier molecular flexibility index (Phi) is 5.12. The molecule has 4 nitrogen and oxygen atoms in total. The SMILES string of the molecule is CC(C)C(=O)N1CC[C@H](NCc2cccnc2)[C@@H](C)C1. The lowest BCUT2D eigenvalue weighted by Crippen LogP contribution is -2.50. The highest BCUT2D eigenvalue weighted by Gasteiger charge is 2.29. The summed E-state index contributed by atoms with van der Waals surface area (Å²) in [7, 11) is 0. The Bertz CT molecular complexity index is 433. The Morgan fingerprint density at radius 3 is 2.95 bits per heavy atom. The maximum absolute atomic E-state index is 12.0. The minimum absolute atomic E-state index is 0.0992. The lowest BCUT2D eigenvalue weighted by Gasteiger charge is -2.38. The van der Waals surface area contributed by atoms with Crippen LogP contribution in [0.1, 0.15) is 32.8 Å². The summed E-state index contributed by atoms with van der Waals surface area (Å²) in [6.45, 7) is 8.74. The molecule has 1 aromatic rings. The summed E-state index contributed by atoms with van der Waals surface area (Å²) in [6.07, 6.45) is 4.72. The van der Waals surface area contributed by atoms with Crippen molar-refractivity contribution in [2.45, 2.75) is 39.8 Å². The molecule has 1 amide bonds. The molecule has 2 heterocycles. The molecule has 0 bridgehead atoms. The molecular formula is C16H25N3O. The molecule has 1 N–H and O–H groups in total. The molecule has 1 aliphatic heterocycles. The predicted molar refractivity (Wildman–Crippen MR) is 80.1 cm³/mol. The van der Waals surface area contributed by atoms with E-state index in [0.29, 0.717) is 12.0 Å². The van der Waals surface area contributed by atoms with Gasteiger partial charge in [-0.2, -0.15) is 0 Å². The molecule has 4 heteroatoms. The second kappa shape index (κ2) is 6.84. The fourth-order valence-electron chi connectivity index (χ4n) is 2.77. The number of piperidine rings is 1. The van der Waals surface area contributed by atoms with Gasteiger partial charge in [0.15, 0.2) is 0 Å². The fourth-order valence-corrected chi connectivity index (χ4v) is 2.77. The summed E-state index contributed by atoms with van der Waals surface area (Å²) in [5.74, 6) is 0.868. The van der Waals surface area contributed by atoms with Gasteiger partial charge in [0.25, 0.3) is 0 Å². The van der Waals surface area contributed by atoms with E-state index in [4.69, 9.17) is 0 Å². The van der Waals surface area contributed by atoms with Crippen LogP contribution >= 0.6 is 0 Å². The first-order valence-electron chi connectivity index (χ1n) is 7.49. The molecule has 1 fully saturated rings. The quantitative estimate of drug-likeness (QED) is 0.915. The van der Waals surface area contributed by atoms with E-state index >= 15 is 0 Å². The van der Waals surface area contributed by atoms with E-state index in [0.717, 1.165) is 26.1 Å². The maximum atomic E-state index is 12.0. The number of aromatic nitrogens is 1. The molecule has 0 radical (unpaired) electrons. The summed E-state index contributed by atoms with van der Waals surface area (Å²) in [6, 6.07) is 4.53. The molecule has 1 aromatic heterocycles. The molecule has 2 rings (SSSR count). The van der Waals surface area contributed by atoms with Crippen LogP contribution in [0.25, 0.3) is 0 Å². The zero-order chi connectivity index (χ0) is 14.5. The number of hydrogen-bond donors (Lipinski definition) is 1. The Balaban J connectivity index is 1.83. The van der Waals surface area contributed by atoms with Gasteiger partial charge in [0.05, 0.1) is 0 Å². The molecule has 1 saturated heterocycles. The second-order valence-electron chi connectivity index (χ2n) is 6.05. The van der Waals surface area contributed by atoms with Crippen LogP contribution in [0.4, 0.5) is 0 Å². The van der Waals surface area contributed by atoms with Gasteiger partial charge >= 0.3 is 0 Å². The van der Waals surface area contributed by atoms with Crippen molar-refractivity contribution < 1.29 is 4.79 Å². The number of carbonyl (C=O) groups is 1. The van der Waals surface area contributed by atoms with Gasteiger partial charge in [0, 0.05) is 44.0 Å². The van der Waals surface area contributed by atoms with Crippen LogP contribution in [-0.2, 0) is 11.3 Å². The summed E-state index contributed by atoms with van der Waals surface area (Å²) >= 11 is 0. The van der Waals surface area contributed by atoms with Gasteiger partial charge in [-0.05, 0) is 24.0 Å². The van der Waals surface area contributed by atoms with Gasteiger partial charge in [-0.15, -0.1) is 0 Å². The van der Waals surface area contributed by atoms with E-state index in [9.17, 15) is 4.79 Å². The zero-order valence-electron chi connectivity index (χ0n) is 12.7. The van der Waals surface area contributed by atoms with Crippen LogP contribution < -0.4 is 5.32 Å². The average Bonchev–Trinajstić information content (AvgIpc) is 2.46. The van der Waals surface area contributed by atoms with E-state index in [2.05, 4.69) is 23.3 Å². The van der Waals surface area contributed by atoms with Crippen LogP contribution in [0.5, 0.6) is 0 Å². The van der Waals surface area contributed by atoms with Crippen LogP contribution in [0.2, 0.25) is 0 Å². The third-order valence-electron chi connectivity index (χ3n) is 4.00. The fraction of sp³-hybridized carbons (Fsp3) is 0.625. The Labute approximate surface area is 121 Å². The van der Waals surface area contributed by atoms with Crippen LogP contribution in [0.15, 0.2) is 24.5 Å². The minimum atomic E-state index is 0.0992. The van der Waals surface area contributed by atoms with E-state index in [-0.39, 0.29) is 11.8 Å². The number of amides is 1. The molecule has 1 aliphatic rings. The van der Waals surface area contributed by atoms with Crippen LogP contribution in [-0.4, -0.2) is 34.9 Å². The molecule has 20 heavy (non-hydrogen) atoms. The molecule has 110 valence electrons. The first-order chi connectivity index (χ1) is 9.58. The number of nitrogens with one attached hydrogen (secondary N) is 1. The van der Waals surface area contributed by atoms with E-state index < -0.39 is 0 Å². The highest BCUT2D eigenvalue weighted by atomic mass is 16.2. The second-order valence-corrected chi connectivity index (χ2v) is 6.05. The smallest absolute Gasteiger partial charge is 0.225 e. The van der Waals surface area contributed by atoms with Crippen molar-refractivity contribution in [3.8, 4) is 0 Å². The molecule has 0 saturated carbocycles. The van der Waals surface area contributed by atoms with Gasteiger partial charge in [0.2, 0.25) is 5.91 Å². The summed E-state index contributed by atoms with van der Waals surface area (Å²) in [5, 5.41) is 3.60. The normalized spacial score (nSPS) is 23.1. The Morgan fingerprint density at radius 2 is 2.35 bits per heavy atom. The summed E-state index contributed by atoms with van der Waals surface area (Å²) < 4.78 is 0. The highest BCUT2D eigenvalue weighted by Crippen LogP contribution is 2.19. The van der Waals surface area contributed by atoms with Crippen molar-refractivity contribution in [3.63, 3.8) is 0 Å². The van der Waals surface area contributed by atoms with Crippen molar-refractivity contribution in [1.29, 1.82) is 0 Å². The number of rotatable bonds is 4. The van der Waals surface area contributed by atoms with E-state index in [1.54, 1.807) is 6.20 Å². The zero-order valence-corrected chi connectivity index (χ0v) is 12.7. The molecule has 0 unspecified atom stereocenters. The Hall–Kier alpha value is -1.42. The highest BCUT2D eigenvalue weighted by molar-refractivity contribution is 5.78. The number of carbonyl (C=O) groups excluding carboxylic acids is 1. The molecule has 2 atom stereocenters. The predicted octanol–water partition coefficient (Wildman–Crippen LogP) is 2.06. The lowest BCUT2D eigenvalue weighted by molar-refractivity contribution is -0.136. The van der Waals surface area contributed by atoms with Gasteiger partial charge in [0.1, 0.15) is 0 Å². The molecule has 0 aromatic carbocycles. The van der Waals surface area contributed by atoms with Crippen molar-refractivity contribution in [1.82, 2.24) is 15.2 Å². The number of hydrogen-bond acceptors (Lipinski definition) is 3. The minimum Gasteiger partial charge on any atom is -0.342 e. The van der Waals surface area contributed by atoms with Crippen molar-refractivity contribution in [3.05, 3.63) is 30.1 Å². The maximum Gasteiger partial charge on any atom is 0.225 e.